The molecule has 0 spiro atoms. The summed E-state index contributed by atoms with van der Waals surface area (Å²) in [7, 11) is 0. The van der Waals surface area contributed by atoms with Gasteiger partial charge in [0.05, 0.1) is 5.92 Å². The number of amides is 2. The van der Waals surface area contributed by atoms with Crippen LogP contribution in [0.3, 0.4) is 0 Å². The molecule has 7 heteroatoms. The Labute approximate surface area is 135 Å². The fourth-order valence-corrected chi connectivity index (χ4v) is 3.64. The van der Waals surface area contributed by atoms with Gasteiger partial charge in [-0.3, -0.25) is 0 Å². The molecule has 1 aliphatic heterocycles. The van der Waals surface area contributed by atoms with Crippen LogP contribution in [0.15, 0.2) is 0 Å². The van der Waals surface area contributed by atoms with Gasteiger partial charge in [0.1, 0.15) is 0 Å². The molecule has 2 N–H and O–H groups in total. The molecule has 2 fully saturated rings. The quantitative estimate of drug-likeness (QED) is 0.831. The van der Waals surface area contributed by atoms with E-state index >= 15 is 0 Å². The van der Waals surface area contributed by atoms with Gasteiger partial charge in [-0.15, -0.1) is 0 Å². The van der Waals surface area contributed by atoms with Gasteiger partial charge in [0.25, 0.3) is 0 Å². The number of urea groups is 1. The zero-order valence-corrected chi connectivity index (χ0v) is 13.7. The van der Waals surface area contributed by atoms with E-state index in [-0.39, 0.29) is 36.9 Å². The summed E-state index contributed by atoms with van der Waals surface area (Å²) in [5.41, 5.74) is -0.0818. The molecule has 0 bridgehead atoms. The van der Waals surface area contributed by atoms with Crippen LogP contribution < -0.4 is 5.32 Å². The van der Waals surface area contributed by atoms with E-state index in [0.29, 0.717) is 25.9 Å². The van der Waals surface area contributed by atoms with Crippen molar-refractivity contribution in [3.63, 3.8) is 0 Å². The zero-order chi connectivity index (χ0) is 17.1. The predicted molar refractivity (Wildman–Crippen MR) is 80.9 cm³/mol. The number of aliphatic hydroxyl groups excluding tert-OH is 1. The largest absolute Gasteiger partial charge is 0.396 e. The van der Waals surface area contributed by atoms with E-state index in [1.807, 2.05) is 6.92 Å². The van der Waals surface area contributed by atoms with Gasteiger partial charge in [0.2, 0.25) is 0 Å². The molecule has 1 heterocycles. The van der Waals surface area contributed by atoms with Crippen LogP contribution >= 0.6 is 0 Å². The first-order valence-electron chi connectivity index (χ1n) is 8.53. The number of piperidine rings is 1. The Morgan fingerprint density at radius 2 is 1.78 bits per heavy atom. The van der Waals surface area contributed by atoms with Crippen LogP contribution in [-0.4, -0.2) is 48.0 Å². The topological polar surface area (TPSA) is 52.6 Å². The molecular weight excluding hydrogens is 309 g/mol. The van der Waals surface area contributed by atoms with Gasteiger partial charge < -0.3 is 15.3 Å². The number of nitrogens with one attached hydrogen (secondary N) is 1. The van der Waals surface area contributed by atoms with Crippen molar-refractivity contribution < 1.29 is 23.1 Å². The lowest BCUT2D eigenvalue weighted by molar-refractivity contribution is -0.182. The molecule has 0 aromatic carbocycles. The first-order chi connectivity index (χ1) is 10.8. The molecule has 1 saturated heterocycles. The van der Waals surface area contributed by atoms with Crippen molar-refractivity contribution in [2.45, 2.75) is 64.1 Å². The Hall–Kier alpha value is -0.980. The van der Waals surface area contributed by atoms with Crippen molar-refractivity contribution >= 4 is 6.03 Å². The van der Waals surface area contributed by atoms with E-state index in [9.17, 15) is 23.1 Å². The Morgan fingerprint density at radius 3 is 2.22 bits per heavy atom. The van der Waals surface area contributed by atoms with Crippen molar-refractivity contribution in [1.29, 1.82) is 0 Å². The number of aliphatic hydroxyl groups is 1. The minimum atomic E-state index is -4.12. The lowest BCUT2D eigenvalue weighted by Gasteiger charge is -2.41. The minimum Gasteiger partial charge on any atom is -0.396 e. The van der Waals surface area contributed by atoms with Gasteiger partial charge in [-0.25, -0.2) is 4.79 Å². The van der Waals surface area contributed by atoms with E-state index in [4.69, 9.17) is 0 Å². The van der Waals surface area contributed by atoms with Gasteiger partial charge in [-0.1, -0.05) is 6.92 Å². The van der Waals surface area contributed by atoms with Crippen molar-refractivity contribution in [1.82, 2.24) is 10.2 Å². The monoisotopic (exact) mass is 336 g/mol. The average Bonchev–Trinajstić information content (AvgIpc) is 2.54. The number of likely N-dealkylation sites (tertiary alicyclic amines) is 1. The highest BCUT2D eigenvalue weighted by Gasteiger charge is 2.42. The first kappa shape index (κ1) is 18.4. The van der Waals surface area contributed by atoms with Crippen molar-refractivity contribution in [3.05, 3.63) is 0 Å². The number of hydrogen-bond donors (Lipinski definition) is 2. The standard InChI is InChI=1S/C16H27F3N2O2/c1-2-15(11-22)7-9-21(10-8-15)14(23)20-13-5-3-12(4-6-13)16(17,18)19/h12-13,22H,2-11H2,1H3,(H,20,23). The zero-order valence-electron chi connectivity index (χ0n) is 13.7. The SMILES string of the molecule is CCC1(CO)CCN(C(=O)NC2CCC(C(F)(F)F)CC2)CC1. The van der Waals surface area contributed by atoms with Crippen LogP contribution in [0.4, 0.5) is 18.0 Å². The number of hydrogen-bond acceptors (Lipinski definition) is 2. The molecule has 0 unspecified atom stereocenters. The third kappa shape index (κ3) is 4.52. The van der Waals surface area contributed by atoms with Crippen LogP contribution in [-0.2, 0) is 0 Å². The molecule has 0 radical (unpaired) electrons. The van der Waals surface area contributed by atoms with Gasteiger partial charge >= 0.3 is 12.2 Å². The summed E-state index contributed by atoms with van der Waals surface area (Å²) in [6, 6.07) is -0.333. The molecule has 1 aliphatic carbocycles. The average molecular weight is 336 g/mol. The van der Waals surface area contributed by atoms with Crippen LogP contribution in [0.25, 0.3) is 0 Å². The van der Waals surface area contributed by atoms with Crippen molar-refractivity contribution in [2.75, 3.05) is 19.7 Å². The minimum absolute atomic E-state index is 0.0818. The van der Waals surface area contributed by atoms with Crippen molar-refractivity contribution in [2.24, 2.45) is 11.3 Å². The molecule has 2 aliphatic rings. The second-order valence-corrected chi connectivity index (χ2v) is 7.04. The summed E-state index contributed by atoms with van der Waals surface area (Å²) >= 11 is 0. The van der Waals surface area contributed by atoms with Crippen LogP contribution in [0.1, 0.15) is 51.9 Å². The second-order valence-electron chi connectivity index (χ2n) is 7.04. The number of carbonyl (C=O) groups excluding carboxylic acids is 1. The molecule has 1 saturated carbocycles. The molecule has 2 rings (SSSR count). The van der Waals surface area contributed by atoms with E-state index in [2.05, 4.69) is 5.32 Å². The summed E-state index contributed by atoms with van der Waals surface area (Å²) in [4.78, 5) is 14.0. The molecule has 2 amide bonds. The molecule has 4 nitrogen and oxygen atoms in total. The summed E-state index contributed by atoms with van der Waals surface area (Å²) in [6.07, 6.45) is -0.715. The van der Waals surface area contributed by atoms with Crippen LogP contribution in [0, 0.1) is 11.3 Å². The van der Waals surface area contributed by atoms with Gasteiger partial charge in [0.15, 0.2) is 0 Å². The maximum Gasteiger partial charge on any atom is 0.391 e. The molecule has 0 atom stereocenters. The second kappa shape index (κ2) is 7.28. The number of carbonyl (C=O) groups is 1. The van der Waals surface area contributed by atoms with E-state index in [0.717, 1.165) is 19.3 Å². The number of halogens is 3. The number of rotatable bonds is 3. The highest BCUT2D eigenvalue weighted by molar-refractivity contribution is 5.74. The molecule has 0 aromatic heterocycles. The van der Waals surface area contributed by atoms with Crippen LogP contribution in [0.2, 0.25) is 0 Å². The summed E-state index contributed by atoms with van der Waals surface area (Å²) in [6.45, 7) is 3.38. The number of alkyl halides is 3. The van der Waals surface area contributed by atoms with Crippen LogP contribution in [0.5, 0.6) is 0 Å². The Balaban J connectivity index is 1.76. The highest BCUT2D eigenvalue weighted by atomic mass is 19.4. The summed E-state index contributed by atoms with van der Waals surface area (Å²) in [5.74, 6) is -1.22. The lowest BCUT2D eigenvalue weighted by Crippen LogP contribution is -2.51. The summed E-state index contributed by atoms with van der Waals surface area (Å²) in [5, 5.41) is 12.4. The van der Waals surface area contributed by atoms with E-state index in [1.54, 1.807) is 4.90 Å². The smallest absolute Gasteiger partial charge is 0.391 e. The Morgan fingerprint density at radius 1 is 1.22 bits per heavy atom. The van der Waals surface area contributed by atoms with Crippen molar-refractivity contribution in [3.8, 4) is 0 Å². The maximum atomic E-state index is 12.6. The van der Waals surface area contributed by atoms with E-state index in [1.165, 1.54) is 0 Å². The Bertz CT molecular complexity index is 393. The van der Waals surface area contributed by atoms with E-state index < -0.39 is 12.1 Å². The van der Waals surface area contributed by atoms with Gasteiger partial charge in [-0.2, -0.15) is 13.2 Å². The number of nitrogens with zero attached hydrogens (tertiary/aromatic N) is 1. The Kier molecular flexibility index (Phi) is 5.81. The summed E-state index contributed by atoms with van der Waals surface area (Å²) < 4.78 is 37.9. The lowest BCUT2D eigenvalue weighted by atomic mass is 9.77. The molecule has 23 heavy (non-hydrogen) atoms. The normalized spacial score (nSPS) is 28.5. The molecular formula is C16H27F3N2O2. The molecule has 134 valence electrons. The van der Waals surface area contributed by atoms with Gasteiger partial charge in [-0.05, 0) is 50.4 Å². The third-order valence-electron chi connectivity index (χ3n) is 5.71. The third-order valence-corrected chi connectivity index (χ3v) is 5.71. The fourth-order valence-electron chi connectivity index (χ4n) is 3.64. The maximum absolute atomic E-state index is 12.6. The highest BCUT2D eigenvalue weighted by Crippen LogP contribution is 2.38. The first-order valence-corrected chi connectivity index (χ1v) is 8.53. The predicted octanol–water partition coefficient (Wildman–Crippen LogP) is 3.30. The van der Waals surface area contributed by atoms with Gasteiger partial charge in [0, 0.05) is 25.7 Å². The molecule has 0 aromatic rings. The fraction of sp³-hybridized carbons (Fsp3) is 0.938.